The van der Waals surface area contributed by atoms with Gasteiger partial charge in [0.2, 0.25) is 0 Å². The average molecular weight is 220 g/mol. The van der Waals surface area contributed by atoms with Crippen LogP contribution in [0, 0.1) is 5.82 Å². The van der Waals surface area contributed by atoms with E-state index in [-0.39, 0.29) is 0 Å². The Hall–Kier alpha value is -1.79. The predicted molar refractivity (Wildman–Crippen MR) is 44.9 cm³/mol. The van der Waals surface area contributed by atoms with Crippen molar-refractivity contribution in [1.29, 1.82) is 0 Å². The van der Waals surface area contributed by atoms with E-state index in [9.17, 15) is 18.0 Å². The van der Waals surface area contributed by atoms with Crippen molar-refractivity contribution in [3.63, 3.8) is 0 Å². The number of carbonyl (C=O) groups is 1. The second-order valence-corrected chi connectivity index (χ2v) is 2.58. The Morgan fingerprint density at radius 3 is 2.67 bits per heavy atom. The van der Waals surface area contributed by atoms with E-state index < -0.39 is 35.2 Å². The van der Waals surface area contributed by atoms with Crippen LogP contribution in [0.1, 0.15) is 22.3 Å². The van der Waals surface area contributed by atoms with Gasteiger partial charge in [0.25, 0.3) is 6.43 Å². The molecule has 0 atom stereocenters. The van der Waals surface area contributed by atoms with Gasteiger partial charge in [-0.1, -0.05) is 0 Å². The number of nitrogen functional groups attached to an aromatic ring is 1. The number of pyridine rings is 1. The van der Waals surface area contributed by atoms with Crippen LogP contribution in [0.2, 0.25) is 0 Å². The fraction of sp³-hybridized carbons (Fsp3) is 0.250. The number of halogens is 3. The van der Waals surface area contributed by atoms with Gasteiger partial charge in [0.1, 0.15) is 5.56 Å². The quantitative estimate of drug-likeness (QED) is 0.767. The van der Waals surface area contributed by atoms with Gasteiger partial charge in [-0.25, -0.2) is 22.9 Å². The molecule has 0 bridgehead atoms. The molecule has 0 fully saturated rings. The van der Waals surface area contributed by atoms with Gasteiger partial charge in [-0.2, -0.15) is 0 Å². The Morgan fingerprint density at radius 1 is 1.60 bits per heavy atom. The van der Waals surface area contributed by atoms with Crippen molar-refractivity contribution in [2.45, 2.75) is 6.43 Å². The van der Waals surface area contributed by atoms with Crippen LogP contribution in [0.25, 0.3) is 0 Å². The number of anilines is 1. The third kappa shape index (κ3) is 2.00. The first kappa shape index (κ1) is 11.3. The molecule has 0 spiro atoms. The van der Waals surface area contributed by atoms with Crippen LogP contribution >= 0.6 is 0 Å². The van der Waals surface area contributed by atoms with Gasteiger partial charge in [-0.15, -0.1) is 0 Å². The first-order valence-electron chi connectivity index (χ1n) is 3.79. The molecule has 0 unspecified atom stereocenters. The van der Waals surface area contributed by atoms with Gasteiger partial charge in [0.15, 0.2) is 11.6 Å². The number of esters is 1. The Bertz CT molecular complexity index is 396. The summed E-state index contributed by atoms with van der Waals surface area (Å²) in [6.45, 7) is 0. The highest BCUT2D eigenvalue weighted by Gasteiger charge is 2.25. The first-order valence-corrected chi connectivity index (χ1v) is 3.79. The van der Waals surface area contributed by atoms with Gasteiger partial charge in [-0.05, 0) is 0 Å². The number of nitrogens with zero attached hydrogens (tertiary/aromatic N) is 1. The lowest BCUT2D eigenvalue weighted by Crippen LogP contribution is -2.12. The van der Waals surface area contributed by atoms with Crippen LogP contribution in [0.15, 0.2) is 6.20 Å². The topological polar surface area (TPSA) is 65.2 Å². The van der Waals surface area contributed by atoms with Crippen LogP contribution < -0.4 is 5.73 Å². The summed E-state index contributed by atoms with van der Waals surface area (Å²) in [6.07, 6.45) is -2.38. The fourth-order valence-electron chi connectivity index (χ4n) is 0.990. The van der Waals surface area contributed by atoms with Gasteiger partial charge in [-0.3, -0.25) is 0 Å². The largest absolute Gasteiger partial charge is 0.465 e. The second-order valence-electron chi connectivity index (χ2n) is 2.58. The number of nitrogens with two attached hydrogens (primary N) is 1. The molecule has 0 aliphatic rings. The molecule has 2 N–H and O–H groups in total. The summed E-state index contributed by atoms with van der Waals surface area (Å²) in [5, 5.41) is 0. The third-order valence-corrected chi connectivity index (χ3v) is 1.70. The number of hydrogen-bond donors (Lipinski definition) is 1. The van der Waals surface area contributed by atoms with Crippen LogP contribution in [0.3, 0.4) is 0 Å². The van der Waals surface area contributed by atoms with Crippen molar-refractivity contribution < 1.29 is 22.7 Å². The van der Waals surface area contributed by atoms with Crippen LogP contribution in [-0.4, -0.2) is 18.1 Å². The molecule has 7 heteroatoms. The van der Waals surface area contributed by atoms with Crippen LogP contribution in [0.5, 0.6) is 0 Å². The van der Waals surface area contributed by atoms with E-state index in [1.807, 2.05) is 0 Å². The van der Waals surface area contributed by atoms with Gasteiger partial charge in [0, 0.05) is 6.20 Å². The van der Waals surface area contributed by atoms with E-state index >= 15 is 0 Å². The number of methoxy groups -OCH3 is 1. The van der Waals surface area contributed by atoms with Crippen molar-refractivity contribution >= 4 is 11.8 Å². The Kier molecular flexibility index (Phi) is 3.13. The molecule has 1 rings (SSSR count). The lowest BCUT2D eigenvalue weighted by atomic mass is 10.1. The number of aromatic nitrogens is 1. The molecule has 82 valence electrons. The first-order chi connectivity index (χ1) is 6.99. The summed E-state index contributed by atoms with van der Waals surface area (Å²) in [7, 11) is 0.952. The Morgan fingerprint density at radius 2 is 2.20 bits per heavy atom. The molecule has 0 amide bonds. The third-order valence-electron chi connectivity index (χ3n) is 1.70. The van der Waals surface area contributed by atoms with Crippen molar-refractivity contribution in [2.24, 2.45) is 0 Å². The zero-order chi connectivity index (χ0) is 11.6. The number of hydrogen-bond acceptors (Lipinski definition) is 4. The SMILES string of the molecule is COC(=O)c1c(C(F)F)cnc(N)c1F. The molecule has 1 heterocycles. The summed E-state index contributed by atoms with van der Waals surface area (Å²) >= 11 is 0. The summed E-state index contributed by atoms with van der Waals surface area (Å²) in [5.74, 6) is -3.13. The molecule has 4 nitrogen and oxygen atoms in total. The lowest BCUT2D eigenvalue weighted by Gasteiger charge is -2.08. The average Bonchev–Trinajstić information content (AvgIpc) is 2.20. The molecule has 1 aromatic heterocycles. The van der Waals surface area contributed by atoms with Gasteiger partial charge >= 0.3 is 5.97 Å². The van der Waals surface area contributed by atoms with Crippen molar-refractivity contribution in [1.82, 2.24) is 4.98 Å². The number of ether oxygens (including phenoxy) is 1. The maximum absolute atomic E-state index is 13.2. The molecule has 0 saturated carbocycles. The molecule has 1 aromatic rings. The monoisotopic (exact) mass is 220 g/mol. The van der Waals surface area contributed by atoms with E-state index in [0.717, 1.165) is 7.11 Å². The van der Waals surface area contributed by atoms with Crippen molar-refractivity contribution in [2.75, 3.05) is 12.8 Å². The van der Waals surface area contributed by atoms with E-state index in [2.05, 4.69) is 9.72 Å². The highest BCUT2D eigenvalue weighted by Crippen LogP contribution is 2.26. The summed E-state index contributed by atoms with van der Waals surface area (Å²) in [6, 6.07) is 0. The molecule has 15 heavy (non-hydrogen) atoms. The Labute approximate surface area is 82.9 Å². The summed E-state index contributed by atoms with van der Waals surface area (Å²) in [4.78, 5) is 14.2. The number of carbonyl (C=O) groups excluding carboxylic acids is 1. The molecule has 0 radical (unpaired) electrons. The zero-order valence-electron chi connectivity index (χ0n) is 7.63. The maximum atomic E-state index is 13.2. The Balaban J connectivity index is 3.41. The summed E-state index contributed by atoms with van der Waals surface area (Å²) in [5.41, 5.74) is 3.33. The highest BCUT2D eigenvalue weighted by molar-refractivity contribution is 5.92. The van der Waals surface area contributed by atoms with E-state index in [1.165, 1.54) is 0 Å². The van der Waals surface area contributed by atoms with Gasteiger partial charge in [0.05, 0.1) is 12.7 Å². The maximum Gasteiger partial charge on any atom is 0.341 e. The standard InChI is InChI=1S/C8H7F3N2O2/c1-15-8(14)4-3(6(10)11)2-13-7(12)5(4)9/h2,6H,1H3,(H2,12,13). The molecule has 0 saturated heterocycles. The zero-order valence-corrected chi connectivity index (χ0v) is 7.63. The number of alkyl halides is 2. The molecule has 0 aliphatic heterocycles. The molecular weight excluding hydrogens is 213 g/mol. The normalized spacial score (nSPS) is 10.5. The lowest BCUT2D eigenvalue weighted by molar-refractivity contribution is 0.0583. The van der Waals surface area contributed by atoms with Crippen molar-refractivity contribution in [3.05, 3.63) is 23.1 Å². The second kappa shape index (κ2) is 4.16. The fourth-order valence-corrected chi connectivity index (χ4v) is 0.990. The van der Waals surface area contributed by atoms with Crippen molar-refractivity contribution in [3.8, 4) is 0 Å². The molecule has 0 aromatic carbocycles. The molecular formula is C8H7F3N2O2. The minimum absolute atomic E-state index is 0.625. The van der Waals surface area contributed by atoms with Crippen LogP contribution in [-0.2, 0) is 4.74 Å². The number of rotatable bonds is 2. The molecule has 0 aliphatic carbocycles. The van der Waals surface area contributed by atoms with E-state index in [0.29, 0.717) is 6.20 Å². The summed E-state index contributed by atoms with van der Waals surface area (Å²) < 4.78 is 42.2. The highest BCUT2D eigenvalue weighted by atomic mass is 19.3. The minimum Gasteiger partial charge on any atom is -0.465 e. The smallest absolute Gasteiger partial charge is 0.341 e. The minimum atomic E-state index is -3.03. The predicted octanol–water partition coefficient (Wildman–Crippen LogP) is 1.53. The van der Waals surface area contributed by atoms with Gasteiger partial charge < -0.3 is 10.5 Å². The van der Waals surface area contributed by atoms with E-state index in [1.54, 1.807) is 0 Å². The van der Waals surface area contributed by atoms with E-state index in [4.69, 9.17) is 5.73 Å². The van der Waals surface area contributed by atoms with Crippen LogP contribution in [0.4, 0.5) is 19.0 Å².